The number of hydrogen-bond donors (Lipinski definition) is 1. The SMILES string of the molecule is CCOc1ccc(C(=O)Nc2ccc(C(F)(F)F)cc2)cc1COc1ccccc1C(C)(C)C. The summed E-state index contributed by atoms with van der Waals surface area (Å²) in [4.78, 5) is 12.8. The first-order chi connectivity index (χ1) is 16.0. The Labute approximate surface area is 197 Å². The van der Waals surface area contributed by atoms with Crippen molar-refractivity contribution in [3.8, 4) is 11.5 Å². The zero-order valence-electron chi connectivity index (χ0n) is 19.6. The molecular formula is C27H28F3NO3. The van der Waals surface area contributed by atoms with Crippen LogP contribution in [0.15, 0.2) is 66.7 Å². The highest BCUT2D eigenvalue weighted by Crippen LogP contribution is 2.33. The molecule has 4 nitrogen and oxygen atoms in total. The second-order valence-corrected chi connectivity index (χ2v) is 8.82. The summed E-state index contributed by atoms with van der Waals surface area (Å²) in [5.41, 5.74) is 1.47. The molecule has 0 unspecified atom stereocenters. The van der Waals surface area contributed by atoms with E-state index < -0.39 is 17.6 Å². The fourth-order valence-corrected chi connectivity index (χ4v) is 3.44. The summed E-state index contributed by atoms with van der Waals surface area (Å²) in [6.45, 7) is 8.81. The fourth-order valence-electron chi connectivity index (χ4n) is 3.44. The van der Waals surface area contributed by atoms with E-state index in [1.807, 2.05) is 31.2 Å². The second-order valence-electron chi connectivity index (χ2n) is 8.82. The molecule has 0 aliphatic carbocycles. The molecule has 1 N–H and O–H groups in total. The minimum atomic E-state index is -4.43. The average molecular weight is 472 g/mol. The van der Waals surface area contributed by atoms with Crippen molar-refractivity contribution >= 4 is 11.6 Å². The molecule has 0 heterocycles. The van der Waals surface area contributed by atoms with Crippen LogP contribution in [0, 0.1) is 0 Å². The van der Waals surface area contributed by atoms with Gasteiger partial charge in [0.25, 0.3) is 5.91 Å². The van der Waals surface area contributed by atoms with E-state index in [0.29, 0.717) is 23.5 Å². The summed E-state index contributed by atoms with van der Waals surface area (Å²) in [5, 5.41) is 2.63. The number of ether oxygens (including phenoxy) is 2. The molecule has 3 rings (SSSR count). The molecule has 1 amide bonds. The van der Waals surface area contributed by atoms with E-state index in [2.05, 4.69) is 26.1 Å². The van der Waals surface area contributed by atoms with Crippen LogP contribution in [-0.4, -0.2) is 12.5 Å². The number of carbonyl (C=O) groups excluding carboxylic acids is 1. The van der Waals surface area contributed by atoms with Crippen LogP contribution in [0.4, 0.5) is 18.9 Å². The van der Waals surface area contributed by atoms with Crippen molar-refractivity contribution < 1.29 is 27.4 Å². The molecule has 0 saturated carbocycles. The smallest absolute Gasteiger partial charge is 0.416 e. The molecule has 0 fully saturated rings. The number of anilines is 1. The molecule has 0 atom stereocenters. The van der Waals surface area contributed by atoms with Gasteiger partial charge in [0.1, 0.15) is 18.1 Å². The van der Waals surface area contributed by atoms with Gasteiger partial charge in [-0.3, -0.25) is 4.79 Å². The molecule has 0 saturated heterocycles. The van der Waals surface area contributed by atoms with Gasteiger partial charge in [0.2, 0.25) is 0 Å². The summed E-state index contributed by atoms with van der Waals surface area (Å²) in [6.07, 6.45) is -4.43. The number of amides is 1. The molecule has 0 aliphatic heterocycles. The van der Waals surface area contributed by atoms with Gasteiger partial charge in [0.15, 0.2) is 0 Å². The van der Waals surface area contributed by atoms with Crippen LogP contribution in [0.2, 0.25) is 0 Å². The summed E-state index contributed by atoms with van der Waals surface area (Å²) in [5.74, 6) is 0.901. The Kier molecular flexibility index (Phi) is 7.54. The van der Waals surface area contributed by atoms with Gasteiger partial charge in [-0.25, -0.2) is 0 Å². The molecule has 0 spiro atoms. The van der Waals surface area contributed by atoms with Crippen LogP contribution in [0.3, 0.4) is 0 Å². The number of hydrogen-bond acceptors (Lipinski definition) is 3. The van der Waals surface area contributed by atoms with Gasteiger partial charge in [0, 0.05) is 16.8 Å². The molecule has 0 aliphatic rings. The van der Waals surface area contributed by atoms with Gasteiger partial charge in [-0.15, -0.1) is 0 Å². The monoisotopic (exact) mass is 471 g/mol. The molecule has 0 aromatic heterocycles. The number of benzene rings is 3. The highest BCUT2D eigenvalue weighted by Gasteiger charge is 2.30. The minimum Gasteiger partial charge on any atom is -0.493 e. The van der Waals surface area contributed by atoms with E-state index >= 15 is 0 Å². The summed E-state index contributed by atoms with van der Waals surface area (Å²) < 4.78 is 50.1. The van der Waals surface area contributed by atoms with Gasteiger partial charge >= 0.3 is 6.18 Å². The van der Waals surface area contributed by atoms with Crippen LogP contribution in [0.5, 0.6) is 11.5 Å². The molecule has 180 valence electrons. The van der Waals surface area contributed by atoms with Gasteiger partial charge < -0.3 is 14.8 Å². The Hall–Kier alpha value is -3.48. The number of carbonyl (C=O) groups is 1. The predicted octanol–water partition coefficient (Wildman–Crippen LogP) is 7.23. The molecule has 3 aromatic carbocycles. The summed E-state index contributed by atoms with van der Waals surface area (Å²) in [6, 6.07) is 17.1. The Morgan fingerprint density at radius 1 is 0.882 bits per heavy atom. The van der Waals surface area contributed by atoms with Crippen molar-refractivity contribution in [2.24, 2.45) is 0 Å². The Morgan fingerprint density at radius 2 is 1.56 bits per heavy atom. The van der Waals surface area contributed by atoms with Gasteiger partial charge in [-0.1, -0.05) is 39.0 Å². The van der Waals surface area contributed by atoms with E-state index in [4.69, 9.17) is 9.47 Å². The van der Waals surface area contributed by atoms with Gasteiger partial charge in [-0.05, 0) is 66.4 Å². The maximum atomic E-state index is 12.8. The molecule has 0 bridgehead atoms. The molecule has 34 heavy (non-hydrogen) atoms. The van der Waals surface area contributed by atoms with Crippen molar-refractivity contribution in [2.75, 3.05) is 11.9 Å². The second kappa shape index (κ2) is 10.2. The number of para-hydroxylation sites is 1. The minimum absolute atomic E-state index is 0.108. The van der Waals surface area contributed by atoms with Crippen LogP contribution < -0.4 is 14.8 Å². The third-order valence-corrected chi connectivity index (χ3v) is 5.17. The maximum Gasteiger partial charge on any atom is 0.416 e. The first-order valence-corrected chi connectivity index (χ1v) is 11.0. The Balaban J connectivity index is 1.80. The fraction of sp³-hybridized carbons (Fsp3) is 0.296. The van der Waals surface area contributed by atoms with Crippen molar-refractivity contribution in [2.45, 2.75) is 45.9 Å². The molecule has 3 aromatic rings. The number of halogens is 3. The van der Waals surface area contributed by atoms with E-state index in [0.717, 1.165) is 23.4 Å². The standard InChI is InChI=1S/C27H28F3NO3/c1-5-33-23-15-10-18(25(32)31-21-13-11-20(12-14-21)27(28,29)30)16-19(23)17-34-24-9-7-6-8-22(24)26(2,3)4/h6-16H,5,17H2,1-4H3,(H,31,32). The van der Waals surface area contributed by atoms with Crippen molar-refractivity contribution in [1.82, 2.24) is 0 Å². The molecule has 7 heteroatoms. The highest BCUT2D eigenvalue weighted by molar-refractivity contribution is 6.04. The van der Waals surface area contributed by atoms with Crippen LogP contribution in [-0.2, 0) is 18.2 Å². The average Bonchev–Trinajstić information content (AvgIpc) is 2.78. The Bertz CT molecular complexity index is 1130. The lowest BCUT2D eigenvalue weighted by molar-refractivity contribution is -0.137. The molecular weight excluding hydrogens is 443 g/mol. The molecule has 0 radical (unpaired) electrons. The third-order valence-electron chi connectivity index (χ3n) is 5.17. The van der Waals surface area contributed by atoms with Crippen LogP contribution in [0.25, 0.3) is 0 Å². The number of nitrogens with one attached hydrogen (secondary N) is 1. The van der Waals surface area contributed by atoms with Crippen LogP contribution in [0.1, 0.15) is 54.7 Å². The normalized spacial score (nSPS) is 11.7. The number of rotatable bonds is 7. The zero-order valence-corrected chi connectivity index (χ0v) is 19.6. The summed E-state index contributed by atoms with van der Waals surface area (Å²) >= 11 is 0. The summed E-state index contributed by atoms with van der Waals surface area (Å²) in [7, 11) is 0. The van der Waals surface area contributed by atoms with E-state index in [1.165, 1.54) is 12.1 Å². The number of alkyl halides is 3. The van der Waals surface area contributed by atoms with Gasteiger partial charge in [0.05, 0.1) is 12.2 Å². The lowest BCUT2D eigenvalue weighted by Gasteiger charge is -2.23. The highest BCUT2D eigenvalue weighted by atomic mass is 19.4. The zero-order chi connectivity index (χ0) is 24.9. The van der Waals surface area contributed by atoms with E-state index in [9.17, 15) is 18.0 Å². The van der Waals surface area contributed by atoms with E-state index in [-0.39, 0.29) is 17.7 Å². The van der Waals surface area contributed by atoms with Crippen molar-refractivity contribution in [3.05, 3.63) is 89.0 Å². The third kappa shape index (κ3) is 6.31. The quantitative estimate of drug-likeness (QED) is 0.395. The lowest BCUT2D eigenvalue weighted by Crippen LogP contribution is -2.15. The van der Waals surface area contributed by atoms with E-state index in [1.54, 1.807) is 18.2 Å². The first-order valence-electron chi connectivity index (χ1n) is 11.0. The largest absolute Gasteiger partial charge is 0.493 e. The predicted molar refractivity (Wildman–Crippen MR) is 126 cm³/mol. The van der Waals surface area contributed by atoms with Crippen LogP contribution >= 0.6 is 0 Å². The van der Waals surface area contributed by atoms with Crippen molar-refractivity contribution in [3.63, 3.8) is 0 Å². The Morgan fingerprint density at radius 3 is 2.18 bits per heavy atom. The maximum absolute atomic E-state index is 12.8. The van der Waals surface area contributed by atoms with Crippen molar-refractivity contribution in [1.29, 1.82) is 0 Å². The first kappa shape index (κ1) is 25.1. The topological polar surface area (TPSA) is 47.6 Å². The lowest BCUT2D eigenvalue weighted by atomic mass is 9.86. The van der Waals surface area contributed by atoms with Gasteiger partial charge in [-0.2, -0.15) is 13.2 Å².